The summed E-state index contributed by atoms with van der Waals surface area (Å²) in [5.74, 6) is 0. The fourth-order valence-electron chi connectivity index (χ4n) is 3.96. The summed E-state index contributed by atoms with van der Waals surface area (Å²) < 4.78 is 11.6. The second-order valence-electron chi connectivity index (χ2n) is 6.62. The first-order valence-electron chi connectivity index (χ1n) is 7.88. The van der Waals surface area contributed by atoms with E-state index in [1.807, 2.05) is 0 Å². The molecule has 4 unspecified atom stereocenters. The molecule has 3 fully saturated rings. The molecule has 0 aromatic heterocycles. The van der Waals surface area contributed by atoms with Crippen molar-refractivity contribution in [3.05, 3.63) is 0 Å². The third-order valence-corrected chi connectivity index (χ3v) is 5.05. The zero-order valence-electron chi connectivity index (χ0n) is 12.5. The quantitative estimate of drug-likeness (QED) is 0.768. The predicted octanol–water partition coefficient (Wildman–Crippen LogP) is 1.35. The number of morpholine rings is 2. The topological polar surface area (TPSA) is 24.9 Å². The molecule has 110 valence electrons. The molecule has 0 aromatic carbocycles. The Hall–Kier alpha value is -0.160. The van der Waals surface area contributed by atoms with E-state index in [0.717, 1.165) is 32.8 Å². The minimum absolute atomic E-state index is 0.444. The Bertz CT molecular complexity index is 305. The SMILES string of the molecule is CC(CC1OC2CC1N(C(C)C)C2)N1CCOCC1. The van der Waals surface area contributed by atoms with Crippen molar-refractivity contribution in [1.29, 1.82) is 0 Å². The molecule has 0 amide bonds. The van der Waals surface area contributed by atoms with Gasteiger partial charge in [-0.05, 0) is 33.6 Å². The van der Waals surface area contributed by atoms with Crippen molar-refractivity contribution in [2.45, 2.75) is 63.9 Å². The van der Waals surface area contributed by atoms with Crippen molar-refractivity contribution < 1.29 is 9.47 Å². The Kier molecular flexibility index (Phi) is 4.13. The van der Waals surface area contributed by atoms with Crippen molar-refractivity contribution in [3.8, 4) is 0 Å². The van der Waals surface area contributed by atoms with Crippen molar-refractivity contribution in [2.75, 3.05) is 32.8 Å². The Morgan fingerprint density at radius 2 is 1.89 bits per heavy atom. The van der Waals surface area contributed by atoms with Crippen LogP contribution in [0.3, 0.4) is 0 Å². The molecule has 3 rings (SSSR count). The van der Waals surface area contributed by atoms with E-state index in [1.54, 1.807) is 0 Å². The highest BCUT2D eigenvalue weighted by Crippen LogP contribution is 2.36. The predicted molar refractivity (Wildman–Crippen MR) is 75.4 cm³/mol. The van der Waals surface area contributed by atoms with Gasteiger partial charge in [-0.2, -0.15) is 0 Å². The van der Waals surface area contributed by atoms with Crippen LogP contribution >= 0.6 is 0 Å². The van der Waals surface area contributed by atoms with Crippen LogP contribution in [0.15, 0.2) is 0 Å². The molecule has 0 aliphatic carbocycles. The van der Waals surface area contributed by atoms with E-state index in [2.05, 4.69) is 30.6 Å². The highest BCUT2D eigenvalue weighted by atomic mass is 16.5. The number of fused-ring (bicyclic) bond motifs is 2. The van der Waals surface area contributed by atoms with Crippen molar-refractivity contribution in [1.82, 2.24) is 9.80 Å². The van der Waals surface area contributed by atoms with Gasteiger partial charge in [0.05, 0.1) is 25.4 Å². The maximum absolute atomic E-state index is 6.20. The Morgan fingerprint density at radius 1 is 1.16 bits per heavy atom. The van der Waals surface area contributed by atoms with Gasteiger partial charge in [-0.15, -0.1) is 0 Å². The minimum Gasteiger partial charge on any atom is -0.379 e. The van der Waals surface area contributed by atoms with Gasteiger partial charge >= 0.3 is 0 Å². The lowest BCUT2D eigenvalue weighted by atomic mass is 10.0. The van der Waals surface area contributed by atoms with Crippen molar-refractivity contribution >= 4 is 0 Å². The molecule has 4 nitrogen and oxygen atoms in total. The molecule has 2 bridgehead atoms. The van der Waals surface area contributed by atoms with Crippen molar-refractivity contribution in [2.24, 2.45) is 0 Å². The summed E-state index contributed by atoms with van der Waals surface area (Å²) in [6.07, 6.45) is 3.36. The van der Waals surface area contributed by atoms with E-state index < -0.39 is 0 Å². The van der Waals surface area contributed by atoms with Crippen LogP contribution < -0.4 is 0 Å². The van der Waals surface area contributed by atoms with Gasteiger partial charge in [-0.3, -0.25) is 9.80 Å². The third-order valence-electron chi connectivity index (χ3n) is 5.05. The summed E-state index contributed by atoms with van der Waals surface area (Å²) in [4.78, 5) is 5.20. The first-order valence-corrected chi connectivity index (χ1v) is 7.88. The van der Waals surface area contributed by atoms with E-state index in [0.29, 0.717) is 30.3 Å². The molecular formula is C15H28N2O2. The zero-order valence-corrected chi connectivity index (χ0v) is 12.5. The highest BCUT2D eigenvalue weighted by molar-refractivity contribution is 4.99. The monoisotopic (exact) mass is 268 g/mol. The fraction of sp³-hybridized carbons (Fsp3) is 1.00. The smallest absolute Gasteiger partial charge is 0.0750 e. The Balaban J connectivity index is 1.55. The summed E-state index contributed by atoms with van der Waals surface area (Å²) in [6.45, 7) is 12.0. The molecule has 0 saturated carbocycles. The summed E-state index contributed by atoms with van der Waals surface area (Å²) in [5.41, 5.74) is 0. The van der Waals surface area contributed by atoms with Crippen LogP contribution in [0.2, 0.25) is 0 Å². The Morgan fingerprint density at radius 3 is 2.53 bits per heavy atom. The molecule has 19 heavy (non-hydrogen) atoms. The molecule has 0 aromatic rings. The minimum atomic E-state index is 0.444. The lowest BCUT2D eigenvalue weighted by molar-refractivity contribution is -0.0619. The maximum atomic E-state index is 6.20. The van der Waals surface area contributed by atoms with Crippen molar-refractivity contribution in [3.63, 3.8) is 0 Å². The fourth-order valence-corrected chi connectivity index (χ4v) is 3.96. The molecular weight excluding hydrogens is 240 g/mol. The lowest BCUT2D eigenvalue weighted by Crippen LogP contribution is -2.50. The molecule has 4 atom stereocenters. The molecule has 3 aliphatic rings. The maximum Gasteiger partial charge on any atom is 0.0750 e. The van der Waals surface area contributed by atoms with Gasteiger partial charge in [-0.1, -0.05) is 0 Å². The normalized spacial score (nSPS) is 38.2. The van der Waals surface area contributed by atoms with Crippen LogP contribution in [0.25, 0.3) is 0 Å². The summed E-state index contributed by atoms with van der Waals surface area (Å²) in [6, 6.07) is 1.93. The van der Waals surface area contributed by atoms with Crippen LogP contribution in [0.4, 0.5) is 0 Å². The van der Waals surface area contributed by atoms with Gasteiger partial charge < -0.3 is 9.47 Å². The lowest BCUT2D eigenvalue weighted by Gasteiger charge is -2.39. The number of nitrogens with zero attached hydrogens (tertiary/aromatic N) is 2. The number of ether oxygens (including phenoxy) is 2. The molecule has 4 heteroatoms. The molecule has 3 heterocycles. The second-order valence-corrected chi connectivity index (χ2v) is 6.62. The summed E-state index contributed by atoms with van der Waals surface area (Å²) in [5, 5.41) is 0. The van der Waals surface area contributed by atoms with Gasteiger partial charge in [0.2, 0.25) is 0 Å². The molecule has 3 aliphatic heterocycles. The largest absolute Gasteiger partial charge is 0.379 e. The number of rotatable bonds is 4. The standard InChI is InChI=1S/C15H28N2O2/c1-11(2)17-10-13-9-14(17)15(19-13)8-12(3)16-4-6-18-7-5-16/h11-15H,4-10H2,1-3H3. The van der Waals surface area contributed by atoms with Gasteiger partial charge in [0.25, 0.3) is 0 Å². The Labute approximate surface area is 117 Å². The van der Waals surface area contributed by atoms with E-state index in [-0.39, 0.29) is 0 Å². The second kappa shape index (κ2) is 5.68. The third kappa shape index (κ3) is 2.82. The number of hydrogen-bond donors (Lipinski definition) is 0. The average molecular weight is 268 g/mol. The van der Waals surface area contributed by atoms with E-state index in [9.17, 15) is 0 Å². The van der Waals surface area contributed by atoms with Gasteiger partial charge in [0.1, 0.15) is 0 Å². The van der Waals surface area contributed by atoms with Gasteiger partial charge in [-0.25, -0.2) is 0 Å². The molecule has 0 radical (unpaired) electrons. The van der Waals surface area contributed by atoms with E-state index in [4.69, 9.17) is 9.47 Å². The molecule has 3 saturated heterocycles. The molecule has 0 spiro atoms. The van der Waals surface area contributed by atoms with Crippen LogP contribution in [0.1, 0.15) is 33.6 Å². The first-order chi connectivity index (χ1) is 9.15. The molecule has 0 N–H and O–H groups in total. The van der Waals surface area contributed by atoms with E-state index in [1.165, 1.54) is 12.8 Å². The number of likely N-dealkylation sites (tertiary alicyclic amines) is 1. The van der Waals surface area contributed by atoms with Crippen LogP contribution in [0, 0.1) is 0 Å². The van der Waals surface area contributed by atoms with Gasteiger partial charge in [0.15, 0.2) is 0 Å². The summed E-state index contributed by atoms with van der Waals surface area (Å²) >= 11 is 0. The average Bonchev–Trinajstić information content (AvgIpc) is 2.99. The first kappa shape index (κ1) is 13.8. The van der Waals surface area contributed by atoms with Crippen LogP contribution in [-0.4, -0.2) is 73.0 Å². The highest BCUT2D eigenvalue weighted by Gasteiger charge is 2.47. The van der Waals surface area contributed by atoms with Gasteiger partial charge in [0, 0.05) is 37.8 Å². The number of hydrogen-bond acceptors (Lipinski definition) is 4. The summed E-state index contributed by atoms with van der Waals surface area (Å²) in [7, 11) is 0. The zero-order chi connectivity index (χ0) is 13.4. The van der Waals surface area contributed by atoms with Crippen LogP contribution in [-0.2, 0) is 9.47 Å². The van der Waals surface area contributed by atoms with Crippen LogP contribution in [0.5, 0.6) is 0 Å². The van der Waals surface area contributed by atoms with E-state index >= 15 is 0 Å².